The van der Waals surface area contributed by atoms with Gasteiger partial charge in [-0.15, -0.1) is 0 Å². The average molecular weight is 251 g/mol. The van der Waals surface area contributed by atoms with Crippen molar-refractivity contribution >= 4 is 0 Å². The van der Waals surface area contributed by atoms with Crippen LogP contribution >= 0.6 is 0 Å². The van der Waals surface area contributed by atoms with Crippen LogP contribution in [0.4, 0.5) is 4.39 Å². The highest BCUT2D eigenvalue weighted by molar-refractivity contribution is 5.55. The van der Waals surface area contributed by atoms with E-state index in [1.54, 1.807) is 6.07 Å². The third-order valence-corrected chi connectivity index (χ3v) is 4.23. The molecule has 1 saturated carbocycles. The van der Waals surface area contributed by atoms with Gasteiger partial charge in [0.05, 0.1) is 0 Å². The molecular weight excluding hydrogens is 233 g/mol. The van der Waals surface area contributed by atoms with Crippen molar-refractivity contribution in [2.24, 2.45) is 5.73 Å². The highest BCUT2D eigenvalue weighted by Gasteiger charge is 2.41. The second kappa shape index (κ2) is 4.12. The summed E-state index contributed by atoms with van der Waals surface area (Å²) in [6, 6.07) is 3.64. The molecular formula is C14H18FNO2. The lowest BCUT2D eigenvalue weighted by Crippen LogP contribution is -2.41. The van der Waals surface area contributed by atoms with Gasteiger partial charge in [0.15, 0.2) is 11.5 Å². The van der Waals surface area contributed by atoms with Crippen molar-refractivity contribution in [1.29, 1.82) is 0 Å². The Bertz CT molecular complexity index is 464. The largest absolute Gasteiger partial charge is 0.454 e. The van der Waals surface area contributed by atoms with Gasteiger partial charge in [-0.3, -0.25) is 0 Å². The molecule has 2 N–H and O–H groups in total. The Morgan fingerprint density at radius 2 is 2.17 bits per heavy atom. The highest BCUT2D eigenvalue weighted by Crippen LogP contribution is 2.51. The Morgan fingerprint density at radius 3 is 2.72 bits per heavy atom. The lowest BCUT2D eigenvalue weighted by molar-refractivity contribution is 0.168. The molecule has 1 aliphatic carbocycles. The van der Waals surface area contributed by atoms with Crippen molar-refractivity contribution in [3.63, 3.8) is 0 Å². The van der Waals surface area contributed by atoms with E-state index in [-0.39, 0.29) is 12.2 Å². The summed E-state index contributed by atoms with van der Waals surface area (Å²) in [6.07, 6.45) is 2.25. The zero-order valence-electron chi connectivity index (χ0n) is 10.5. The molecule has 3 rings (SSSR count). The van der Waals surface area contributed by atoms with Crippen molar-refractivity contribution in [1.82, 2.24) is 0 Å². The topological polar surface area (TPSA) is 44.5 Å². The zero-order chi connectivity index (χ0) is 12.8. The third kappa shape index (κ3) is 1.59. The molecule has 1 aliphatic heterocycles. The number of hydrogen-bond acceptors (Lipinski definition) is 3. The zero-order valence-corrected chi connectivity index (χ0v) is 10.5. The molecule has 2 aliphatic rings. The van der Waals surface area contributed by atoms with Crippen molar-refractivity contribution in [2.75, 3.05) is 13.3 Å². The van der Waals surface area contributed by atoms with Crippen molar-refractivity contribution in [2.45, 2.75) is 37.8 Å². The monoisotopic (exact) mass is 251 g/mol. The SMILES string of the molecule is CC(F)c1cc2c(c(C3(CN)CCC3)c1)OCO2. The van der Waals surface area contributed by atoms with E-state index in [1.165, 1.54) is 13.3 Å². The quantitative estimate of drug-likeness (QED) is 0.898. The standard InChI is InChI=1S/C14H18FNO2/c1-9(15)10-5-11(14(7-16)3-2-4-14)13-12(6-10)17-8-18-13/h5-6,9H,2-4,7-8,16H2,1H3. The molecule has 3 nitrogen and oxygen atoms in total. The summed E-state index contributed by atoms with van der Waals surface area (Å²) in [5.41, 5.74) is 7.57. The average Bonchev–Trinajstić information content (AvgIpc) is 2.75. The molecule has 0 bridgehead atoms. The molecule has 0 saturated heterocycles. The van der Waals surface area contributed by atoms with E-state index in [4.69, 9.17) is 15.2 Å². The fraction of sp³-hybridized carbons (Fsp3) is 0.571. The minimum atomic E-state index is -1.01. The fourth-order valence-corrected chi connectivity index (χ4v) is 2.84. The molecule has 98 valence electrons. The van der Waals surface area contributed by atoms with Gasteiger partial charge in [0, 0.05) is 17.5 Å². The Balaban J connectivity index is 2.12. The second-order valence-electron chi connectivity index (χ2n) is 5.26. The third-order valence-electron chi connectivity index (χ3n) is 4.23. The van der Waals surface area contributed by atoms with Crippen LogP contribution in [0.25, 0.3) is 0 Å². The van der Waals surface area contributed by atoms with E-state index in [0.717, 1.165) is 24.2 Å². The van der Waals surface area contributed by atoms with Crippen molar-refractivity contribution in [3.8, 4) is 11.5 Å². The summed E-state index contributed by atoms with van der Waals surface area (Å²) in [7, 11) is 0. The van der Waals surface area contributed by atoms with Gasteiger partial charge in [0.2, 0.25) is 6.79 Å². The highest BCUT2D eigenvalue weighted by atomic mass is 19.1. The minimum Gasteiger partial charge on any atom is -0.454 e. The van der Waals surface area contributed by atoms with Gasteiger partial charge in [-0.1, -0.05) is 6.42 Å². The van der Waals surface area contributed by atoms with Crippen LogP contribution in [-0.4, -0.2) is 13.3 Å². The Hall–Kier alpha value is -1.29. The maximum atomic E-state index is 13.6. The minimum absolute atomic E-state index is 0.0390. The lowest BCUT2D eigenvalue weighted by atomic mass is 9.64. The first kappa shape index (κ1) is 11.8. The Labute approximate surface area is 106 Å². The van der Waals surface area contributed by atoms with Gasteiger partial charge in [-0.25, -0.2) is 4.39 Å². The first-order valence-corrected chi connectivity index (χ1v) is 6.44. The Kier molecular flexibility index (Phi) is 2.70. The molecule has 0 radical (unpaired) electrons. The lowest BCUT2D eigenvalue weighted by Gasteiger charge is -2.42. The fourth-order valence-electron chi connectivity index (χ4n) is 2.84. The van der Waals surface area contributed by atoms with Crippen LogP contribution in [0.1, 0.15) is 43.5 Å². The number of hydrogen-bond donors (Lipinski definition) is 1. The van der Waals surface area contributed by atoms with E-state index >= 15 is 0 Å². The maximum absolute atomic E-state index is 13.6. The molecule has 1 fully saturated rings. The van der Waals surface area contributed by atoms with Crippen molar-refractivity contribution < 1.29 is 13.9 Å². The molecule has 0 aromatic heterocycles. The summed E-state index contributed by atoms with van der Waals surface area (Å²) in [4.78, 5) is 0. The molecule has 18 heavy (non-hydrogen) atoms. The molecule has 0 spiro atoms. The summed E-state index contributed by atoms with van der Waals surface area (Å²) < 4.78 is 24.5. The first-order chi connectivity index (χ1) is 8.66. The van der Waals surface area contributed by atoms with Crippen molar-refractivity contribution in [3.05, 3.63) is 23.3 Å². The Morgan fingerprint density at radius 1 is 1.39 bits per heavy atom. The number of alkyl halides is 1. The summed E-state index contributed by atoms with van der Waals surface area (Å²) in [5.74, 6) is 1.43. The summed E-state index contributed by atoms with van der Waals surface area (Å²) >= 11 is 0. The number of halogens is 1. The van der Waals surface area contributed by atoms with E-state index in [2.05, 4.69) is 0 Å². The molecule has 1 aromatic carbocycles. The second-order valence-corrected chi connectivity index (χ2v) is 5.26. The maximum Gasteiger partial charge on any atom is 0.231 e. The van der Waals surface area contributed by atoms with E-state index in [0.29, 0.717) is 17.9 Å². The molecule has 1 aromatic rings. The van der Waals surface area contributed by atoms with Crippen LogP contribution in [0.3, 0.4) is 0 Å². The molecule has 1 atom stereocenters. The van der Waals surface area contributed by atoms with E-state index in [1.807, 2.05) is 6.07 Å². The van der Waals surface area contributed by atoms with Crippen LogP contribution in [-0.2, 0) is 5.41 Å². The van der Waals surface area contributed by atoms with E-state index < -0.39 is 6.17 Å². The van der Waals surface area contributed by atoms with Gasteiger partial charge < -0.3 is 15.2 Å². The van der Waals surface area contributed by atoms with Crippen LogP contribution in [0, 0.1) is 0 Å². The van der Waals surface area contributed by atoms with Gasteiger partial charge in [-0.2, -0.15) is 0 Å². The molecule has 1 unspecified atom stereocenters. The number of fused-ring (bicyclic) bond motifs is 1. The van der Waals surface area contributed by atoms with Crippen LogP contribution in [0.5, 0.6) is 11.5 Å². The summed E-state index contributed by atoms with van der Waals surface area (Å²) in [6.45, 7) is 2.33. The normalized spacial score (nSPS) is 21.5. The van der Waals surface area contributed by atoms with Gasteiger partial charge in [0.25, 0.3) is 0 Å². The summed E-state index contributed by atoms with van der Waals surface area (Å²) in [5, 5.41) is 0. The van der Waals surface area contributed by atoms with Crippen LogP contribution in [0.15, 0.2) is 12.1 Å². The number of nitrogens with two attached hydrogens (primary N) is 1. The molecule has 0 amide bonds. The van der Waals surface area contributed by atoms with E-state index in [9.17, 15) is 4.39 Å². The van der Waals surface area contributed by atoms with Crippen LogP contribution < -0.4 is 15.2 Å². The number of rotatable bonds is 3. The first-order valence-electron chi connectivity index (χ1n) is 6.44. The van der Waals surface area contributed by atoms with Gasteiger partial charge >= 0.3 is 0 Å². The molecule has 1 heterocycles. The van der Waals surface area contributed by atoms with Crippen LogP contribution in [0.2, 0.25) is 0 Å². The number of ether oxygens (including phenoxy) is 2. The molecule has 4 heteroatoms. The van der Waals surface area contributed by atoms with Gasteiger partial charge in [-0.05, 0) is 37.5 Å². The smallest absolute Gasteiger partial charge is 0.231 e. The predicted molar refractivity (Wildman–Crippen MR) is 66.7 cm³/mol. The predicted octanol–water partition coefficient (Wildman–Crippen LogP) is 2.83. The number of benzene rings is 1. The van der Waals surface area contributed by atoms with Gasteiger partial charge in [0.1, 0.15) is 6.17 Å².